The predicted octanol–water partition coefficient (Wildman–Crippen LogP) is 4.21. The molecule has 0 amide bonds. The summed E-state index contributed by atoms with van der Waals surface area (Å²) < 4.78 is 52.0. The number of alkyl halides is 3. The minimum atomic E-state index is -4.60. The SMILES string of the molecule is O=C(O)c1cc(F)cc(-c2ccccc2C(F)(F)F)c1. The van der Waals surface area contributed by atoms with E-state index in [9.17, 15) is 22.4 Å². The number of carboxylic acids is 1. The summed E-state index contributed by atoms with van der Waals surface area (Å²) in [6, 6.07) is 7.25. The van der Waals surface area contributed by atoms with Crippen LogP contribution in [-0.2, 0) is 6.18 Å². The van der Waals surface area contributed by atoms with Crippen LogP contribution < -0.4 is 0 Å². The molecular formula is C14H8F4O2. The van der Waals surface area contributed by atoms with Gasteiger partial charge in [0.25, 0.3) is 0 Å². The normalized spacial score (nSPS) is 11.4. The first kappa shape index (κ1) is 14.0. The fourth-order valence-corrected chi connectivity index (χ4v) is 1.85. The van der Waals surface area contributed by atoms with Crippen molar-refractivity contribution in [3.05, 3.63) is 59.4 Å². The number of benzene rings is 2. The first-order chi connectivity index (χ1) is 9.29. The average molecular weight is 284 g/mol. The number of hydrogen-bond donors (Lipinski definition) is 1. The molecule has 0 unspecified atom stereocenters. The minimum absolute atomic E-state index is 0.129. The van der Waals surface area contributed by atoms with Gasteiger partial charge in [-0.1, -0.05) is 18.2 Å². The number of halogens is 4. The molecule has 0 aliphatic rings. The molecule has 0 fully saturated rings. The second-order valence-corrected chi connectivity index (χ2v) is 4.08. The van der Waals surface area contributed by atoms with Crippen molar-refractivity contribution >= 4 is 5.97 Å². The number of carboxylic acid groups (broad SMARTS) is 1. The third-order valence-electron chi connectivity index (χ3n) is 2.69. The van der Waals surface area contributed by atoms with Gasteiger partial charge in [-0.2, -0.15) is 13.2 Å². The summed E-state index contributed by atoms with van der Waals surface area (Å²) in [5.41, 5.74) is -1.74. The maximum atomic E-state index is 13.4. The molecule has 20 heavy (non-hydrogen) atoms. The predicted molar refractivity (Wildman–Crippen MR) is 63.8 cm³/mol. The van der Waals surface area contributed by atoms with Crippen molar-refractivity contribution in [3.63, 3.8) is 0 Å². The zero-order chi connectivity index (χ0) is 14.9. The van der Waals surface area contributed by atoms with Crippen molar-refractivity contribution < 1.29 is 27.5 Å². The molecule has 0 spiro atoms. The largest absolute Gasteiger partial charge is 0.478 e. The van der Waals surface area contributed by atoms with Crippen LogP contribution in [0.5, 0.6) is 0 Å². The fourth-order valence-electron chi connectivity index (χ4n) is 1.85. The van der Waals surface area contributed by atoms with Crippen molar-refractivity contribution in [2.75, 3.05) is 0 Å². The molecule has 0 saturated heterocycles. The van der Waals surface area contributed by atoms with Gasteiger partial charge in [0.2, 0.25) is 0 Å². The zero-order valence-electron chi connectivity index (χ0n) is 9.91. The average Bonchev–Trinajstić information content (AvgIpc) is 2.37. The molecule has 2 aromatic carbocycles. The van der Waals surface area contributed by atoms with E-state index in [1.54, 1.807) is 0 Å². The highest BCUT2D eigenvalue weighted by atomic mass is 19.4. The van der Waals surface area contributed by atoms with Crippen LogP contribution in [0.15, 0.2) is 42.5 Å². The second kappa shape index (κ2) is 4.96. The third-order valence-corrected chi connectivity index (χ3v) is 2.69. The molecule has 2 rings (SSSR count). The van der Waals surface area contributed by atoms with Gasteiger partial charge < -0.3 is 5.11 Å². The Labute approximate surface area is 111 Å². The molecule has 0 heterocycles. The highest BCUT2D eigenvalue weighted by Gasteiger charge is 2.33. The number of carbonyl (C=O) groups is 1. The maximum Gasteiger partial charge on any atom is 0.417 e. The maximum absolute atomic E-state index is 13.4. The second-order valence-electron chi connectivity index (χ2n) is 4.08. The van der Waals surface area contributed by atoms with Gasteiger partial charge in [-0.3, -0.25) is 0 Å². The van der Waals surface area contributed by atoms with E-state index in [1.807, 2.05) is 0 Å². The number of aromatic carboxylic acids is 1. The lowest BCUT2D eigenvalue weighted by Gasteiger charge is -2.13. The fraction of sp³-hybridized carbons (Fsp3) is 0.0714. The van der Waals surface area contributed by atoms with Crippen molar-refractivity contribution in [2.24, 2.45) is 0 Å². The van der Waals surface area contributed by atoms with Gasteiger partial charge in [0, 0.05) is 0 Å². The quantitative estimate of drug-likeness (QED) is 0.839. The van der Waals surface area contributed by atoms with E-state index < -0.39 is 29.1 Å². The van der Waals surface area contributed by atoms with E-state index in [0.717, 1.165) is 24.3 Å². The van der Waals surface area contributed by atoms with E-state index in [1.165, 1.54) is 18.2 Å². The Hall–Kier alpha value is -2.37. The van der Waals surface area contributed by atoms with Crippen molar-refractivity contribution in [3.8, 4) is 11.1 Å². The van der Waals surface area contributed by atoms with Crippen molar-refractivity contribution in [2.45, 2.75) is 6.18 Å². The molecule has 104 valence electrons. The van der Waals surface area contributed by atoms with Crippen LogP contribution in [0.1, 0.15) is 15.9 Å². The first-order valence-electron chi connectivity index (χ1n) is 5.49. The van der Waals surface area contributed by atoms with E-state index >= 15 is 0 Å². The Morgan fingerprint density at radius 1 is 1.05 bits per heavy atom. The van der Waals surface area contributed by atoms with Gasteiger partial charge in [-0.25, -0.2) is 9.18 Å². The molecule has 0 saturated carbocycles. The van der Waals surface area contributed by atoms with Gasteiger partial charge in [-0.05, 0) is 35.4 Å². The summed E-state index contributed by atoms with van der Waals surface area (Å²) in [6.45, 7) is 0. The zero-order valence-corrected chi connectivity index (χ0v) is 9.91. The molecule has 0 atom stereocenters. The van der Waals surface area contributed by atoms with Crippen LogP contribution in [0.2, 0.25) is 0 Å². The van der Waals surface area contributed by atoms with Crippen molar-refractivity contribution in [1.29, 1.82) is 0 Å². The van der Waals surface area contributed by atoms with Crippen LogP contribution in [0.25, 0.3) is 11.1 Å². The van der Waals surface area contributed by atoms with Gasteiger partial charge in [0.05, 0.1) is 11.1 Å². The van der Waals surface area contributed by atoms with E-state index in [0.29, 0.717) is 0 Å². The smallest absolute Gasteiger partial charge is 0.417 e. The summed E-state index contributed by atoms with van der Waals surface area (Å²) in [6.07, 6.45) is -4.60. The third kappa shape index (κ3) is 2.79. The molecule has 0 aliphatic heterocycles. The lowest BCUT2D eigenvalue weighted by atomic mass is 9.97. The Morgan fingerprint density at radius 3 is 2.30 bits per heavy atom. The summed E-state index contributed by atoms with van der Waals surface area (Å²) >= 11 is 0. The summed E-state index contributed by atoms with van der Waals surface area (Å²) in [4.78, 5) is 10.8. The van der Waals surface area contributed by atoms with Gasteiger partial charge >= 0.3 is 12.1 Å². The van der Waals surface area contributed by atoms with Gasteiger partial charge in [0.1, 0.15) is 5.82 Å². The summed E-state index contributed by atoms with van der Waals surface area (Å²) in [5, 5.41) is 8.82. The van der Waals surface area contributed by atoms with Gasteiger partial charge in [-0.15, -0.1) is 0 Å². The molecule has 6 heteroatoms. The molecule has 0 aromatic heterocycles. The molecule has 2 nitrogen and oxygen atoms in total. The highest BCUT2D eigenvalue weighted by Crippen LogP contribution is 2.37. The first-order valence-corrected chi connectivity index (χ1v) is 5.49. The monoisotopic (exact) mass is 284 g/mol. The lowest BCUT2D eigenvalue weighted by molar-refractivity contribution is -0.137. The Balaban J connectivity index is 2.66. The molecule has 2 aromatic rings. The summed E-state index contributed by atoms with van der Waals surface area (Å²) in [5.74, 6) is -2.31. The van der Waals surface area contributed by atoms with Crippen LogP contribution in [-0.4, -0.2) is 11.1 Å². The Kier molecular flexibility index (Phi) is 3.48. The van der Waals surface area contributed by atoms with E-state index in [-0.39, 0.29) is 11.1 Å². The highest BCUT2D eigenvalue weighted by molar-refractivity contribution is 5.89. The van der Waals surface area contributed by atoms with Crippen LogP contribution >= 0.6 is 0 Å². The van der Waals surface area contributed by atoms with Gasteiger partial charge in [0.15, 0.2) is 0 Å². The van der Waals surface area contributed by atoms with Crippen LogP contribution in [0.3, 0.4) is 0 Å². The Morgan fingerprint density at radius 2 is 1.70 bits per heavy atom. The van der Waals surface area contributed by atoms with Crippen LogP contribution in [0.4, 0.5) is 17.6 Å². The lowest BCUT2D eigenvalue weighted by Crippen LogP contribution is -2.07. The Bertz CT molecular complexity index is 662. The summed E-state index contributed by atoms with van der Waals surface area (Å²) in [7, 11) is 0. The molecule has 0 bridgehead atoms. The van der Waals surface area contributed by atoms with Crippen LogP contribution in [0, 0.1) is 5.82 Å². The minimum Gasteiger partial charge on any atom is -0.478 e. The van der Waals surface area contributed by atoms with E-state index in [4.69, 9.17) is 5.11 Å². The topological polar surface area (TPSA) is 37.3 Å². The molecule has 0 radical (unpaired) electrons. The molecule has 1 N–H and O–H groups in total. The standard InChI is InChI=1S/C14H8F4O2/c15-10-6-8(5-9(7-10)13(19)20)11-3-1-2-4-12(11)14(16,17)18/h1-7H,(H,19,20). The molecular weight excluding hydrogens is 276 g/mol. The number of hydrogen-bond acceptors (Lipinski definition) is 1. The van der Waals surface area contributed by atoms with Crippen molar-refractivity contribution in [1.82, 2.24) is 0 Å². The molecule has 0 aliphatic carbocycles. The number of rotatable bonds is 2. The van der Waals surface area contributed by atoms with E-state index in [2.05, 4.69) is 0 Å².